The molecule has 164 valence electrons. The third kappa shape index (κ3) is 4.75. The van der Waals surface area contributed by atoms with Gasteiger partial charge in [-0.3, -0.25) is 0 Å². The van der Waals surface area contributed by atoms with Gasteiger partial charge in [-0.05, 0) is 72.1 Å². The highest BCUT2D eigenvalue weighted by Crippen LogP contribution is 2.24. The van der Waals surface area contributed by atoms with E-state index in [4.69, 9.17) is 10.7 Å². The van der Waals surface area contributed by atoms with Crippen LogP contribution in [0, 0.1) is 6.92 Å². The van der Waals surface area contributed by atoms with Crippen LogP contribution < -0.4 is 16.2 Å². The van der Waals surface area contributed by atoms with Gasteiger partial charge in [-0.25, -0.2) is 4.99 Å². The largest absolute Gasteiger partial charge is 0.383 e. The lowest BCUT2D eigenvalue weighted by Gasteiger charge is -2.13. The lowest BCUT2D eigenvalue weighted by Crippen LogP contribution is -2.28. The monoisotopic (exact) mass is 430 g/mol. The summed E-state index contributed by atoms with van der Waals surface area (Å²) in [5.41, 5.74) is 14.9. The van der Waals surface area contributed by atoms with Gasteiger partial charge < -0.3 is 5.73 Å². The van der Waals surface area contributed by atoms with Gasteiger partial charge in [-0.15, -0.1) is 0 Å². The van der Waals surface area contributed by atoms with Gasteiger partial charge in [0, 0.05) is 5.22 Å². The molecule has 2 N–H and O–H groups in total. The van der Waals surface area contributed by atoms with E-state index in [1.54, 1.807) is 0 Å². The smallest absolute Gasteiger partial charge is 0.127 e. The quantitative estimate of drug-likeness (QED) is 0.399. The van der Waals surface area contributed by atoms with E-state index in [0.717, 1.165) is 43.4 Å². The summed E-state index contributed by atoms with van der Waals surface area (Å²) in [5.74, 6) is 0.641. The summed E-state index contributed by atoms with van der Waals surface area (Å²) in [4.78, 5) is 5.01. The van der Waals surface area contributed by atoms with Crippen LogP contribution in [-0.2, 0) is 6.42 Å². The molecule has 2 heteroatoms. The topological polar surface area (TPSA) is 38.4 Å². The van der Waals surface area contributed by atoms with Crippen LogP contribution in [0.2, 0.25) is 0 Å². The van der Waals surface area contributed by atoms with Gasteiger partial charge in [0.1, 0.15) is 5.84 Å². The van der Waals surface area contributed by atoms with E-state index < -0.39 is 0 Å². The Morgan fingerprint density at radius 3 is 2.30 bits per heavy atom. The van der Waals surface area contributed by atoms with E-state index in [0.29, 0.717) is 5.84 Å². The minimum Gasteiger partial charge on any atom is -0.383 e. The number of allylic oxidation sites excluding steroid dienone is 3. The number of aliphatic imine (C=N–C) groups is 1. The molecule has 0 spiro atoms. The molecular formula is C31H30N2. The molecule has 5 rings (SSSR count). The molecule has 2 aliphatic carbocycles. The zero-order valence-corrected chi connectivity index (χ0v) is 19.2. The normalized spacial score (nSPS) is 15.3. The molecular weight excluding hydrogens is 400 g/mol. The maximum Gasteiger partial charge on any atom is 0.127 e. The highest BCUT2D eigenvalue weighted by atomic mass is 14.9. The van der Waals surface area contributed by atoms with Gasteiger partial charge in [-0.1, -0.05) is 96.6 Å². The lowest BCUT2D eigenvalue weighted by atomic mass is 9.96. The molecule has 2 nitrogen and oxygen atoms in total. The molecule has 0 amide bonds. The molecule has 0 fully saturated rings. The highest BCUT2D eigenvalue weighted by Gasteiger charge is 2.11. The summed E-state index contributed by atoms with van der Waals surface area (Å²) in [6, 6.07) is 22.1. The number of amidine groups is 1. The Kier molecular flexibility index (Phi) is 6.08. The highest BCUT2D eigenvalue weighted by molar-refractivity contribution is 5.99. The summed E-state index contributed by atoms with van der Waals surface area (Å²) in [7, 11) is 0. The van der Waals surface area contributed by atoms with E-state index in [1.807, 2.05) is 0 Å². The summed E-state index contributed by atoms with van der Waals surface area (Å²) in [6.07, 6.45) is 15.9. The molecule has 0 heterocycles. The first-order valence-electron chi connectivity index (χ1n) is 11.9. The Morgan fingerprint density at radius 1 is 0.848 bits per heavy atom. The van der Waals surface area contributed by atoms with Gasteiger partial charge in [0.25, 0.3) is 0 Å². The van der Waals surface area contributed by atoms with Crippen molar-refractivity contribution in [3.8, 4) is 11.1 Å². The van der Waals surface area contributed by atoms with E-state index in [9.17, 15) is 0 Å². The van der Waals surface area contributed by atoms with Crippen molar-refractivity contribution in [2.75, 3.05) is 0 Å². The summed E-state index contributed by atoms with van der Waals surface area (Å²) in [6.45, 7) is 2.12. The maximum atomic E-state index is 6.49. The molecule has 0 saturated carbocycles. The van der Waals surface area contributed by atoms with Crippen LogP contribution in [0.15, 0.2) is 89.5 Å². The van der Waals surface area contributed by atoms with Crippen molar-refractivity contribution in [2.24, 2.45) is 10.7 Å². The van der Waals surface area contributed by atoms with Crippen LogP contribution in [-0.4, -0.2) is 5.84 Å². The molecule has 0 aromatic heterocycles. The third-order valence-corrected chi connectivity index (χ3v) is 6.52. The van der Waals surface area contributed by atoms with E-state index >= 15 is 0 Å². The van der Waals surface area contributed by atoms with Crippen molar-refractivity contribution < 1.29 is 0 Å². The molecule has 0 radical (unpaired) electrons. The molecule has 2 aliphatic rings. The van der Waals surface area contributed by atoms with Crippen LogP contribution in [0.5, 0.6) is 0 Å². The minimum atomic E-state index is 0.641. The van der Waals surface area contributed by atoms with E-state index in [1.165, 1.54) is 38.3 Å². The average Bonchev–Trinajstić information content (AvgIpc) is 2.87. The fourth-order valence-electron chi connectivity index (χ4n) is 4.59. The Balaban J connectivity index is 1.50. The number of hydrogen-bond donors (Lipinski definition) is 1. The summed E-state index contributed by atoms with van der Waals surface area (Å²) < 4.78 is 0. The first kappa shape index (κ1) is 21.2. The Hall–Kier alpha value is -3.65. The maximum absolute atomic E-state index is 6.49. The fourth-order valence-corrected chi connectivity index (χ4v) is 4.59. The number of nitrogens with two attached hydrogens (primary N) is 1. The van der Waals surface area contributed by atoms with Crippen molar-refractivity contribution in [3.63, 3.8) is 0 Å². The number of aryl methyl sites for hydroxylation is 1. The Morgan fingerprint density at radius 2 is 1.58 bits per heavy atom. The third-order valence-electron chi connectivity index (χ3n) is 6.52. The number of hydrogen-bond acceptors (Lipinski definition) is 1. The van der Waals surface area contributed by atoms with Crippen LogP contribution in [0.25, 0.3) is 23.3 Å². The van der Waals surface area contributed by atoms with Crippen molar-refractivity contribution in [2.45, 2.75) is 39.0 Å². The SMILES string of the molecule is Cc1ccc(-c2ccc(Cc3ccc4c(c3/N=C(\N)C3=CC=CCC3)=CCCC=4)cc2)cc1. The number of benzene rings is 3. The van der Waals surface area contributed by atoms with Crippen molar-refractivity contribution in [1.82, 2.24) is 0 Å². The molecule has 0 aliphatic heterocycles. The second-order valence-corrected chi connectivity index (χ2v) is 8.96. The number of rotatable bonds is 5. The van der Waals surface area contributed by atoms with Gasteiger partial charge in [0.2, 0.25) is 0 Å². The molecule has 3 aromatic carbocycles. The predicted octanol–water partition coefficient (Wildman–Crippen LogP) is 5.87. The second-order valence-electron chi connectivity index (χ2n) is 8.96. The zero-order chi connectivity index (χ0) is 22.6. The molecule has 0 unspecified atom stereocenters. The Bertz CT molecular complexity index is 1370. The predicted molar refractivity (Wildman–Crippen MR) is 141 cm³/mol. The summed E-state index contributed by atoms with van der Waals surface area (Å²) in [5, 5.41) is 2.49. The molecule has 33 heavy (non-hydrogen) atoms. The van der Waals surface area contributed by atoms with Crippen molar-refractivity contribution in [1.29, 1.82) is 0 Å². The van der Waals surface area contributed by atoms with E-state index in [-0.39, 0.29) is 0 Å². The molecule has 0 atom stereocenters. The van der Waals surface area contributed by atoms with Crippen LogP contribution in [0.1, 0.15) is 42.4 Å². The minimum absolute atomic E-state index is 0.641. The van der Waals surface area contributed by atoms with Crippen molar-refractivity contribution >= 4 is 23.7 Å². The molecule has 0 saturated heterocycles. The number of fused-ring (bicyclic) bond motifs is 1. The van der Waals surface area contributed by atoms with Crippen LogP contribution >= 0.6 is 0 Å². The Labute approximate surface area is 196 Å². The van der Waals surface area contributed by atoms with Crippen LogP contribution in [0.4, 0.5) is 5.69 Å². The zero-order valence-electron chi connectivity index (χ0n) is 19.2. The first-order chi connectivity index (χ1) is 16.2. The van der Waals surface area contributed by atoms with Gasteiger partial charge in [0.15, 0.2) is 0 Å². The average molecular weight is 431 g/mol. The van der Waals surface area contributed by atoms with Crippen LogP contribution in [0.3, 0.4) is 0 Å². The summed E-state index contributed by atoms with van der Waals surface area (Å²) >= 11 is 0. The van der Waals surface area contributed by atoms with Gasteiger partial charge >= 0.3 is 0 Å². The van der Waals surface area contributed by atoms with Gasteiger partial charge in [-0.2, -0.15) is 0 Å². The molecule has 0 bridgehead atoms. The van der Waals surface area contributed by atoms with E-state index in [2.05, 4.69) is 98.0 Å². The van der Waals surface area contributed by atoms with Gasteiger partial charge in [0.05, 0.1) is 5.69 Å². The second kappa shape index (κ2) is 9.46. The fraction of sp³-hybridized carbons (Fsp3) is 0.194. The lowest BCUT2D eigenvalue weighted by molar-refractivity contribution is 0.998. The molecule has 3 aromatic rings. The van der Waals surface area contributed by atoms with Crippen molar-refractivity contribution in [3.05, 3.63) is 112 Å². The number of nitrogens with zero attached hydrogens (tertiary/aromatic N) is 1. The first-order valence-corrected chi connectivity index (χ1v) is 11.9. The standard InChI is InChI=1S/C31H30N2/c1-22-11-15-24(16-12-22)25-17-13-23(14-18-25)21-28-20-19-26-7-5-6-10-29(26)30(28)33-31(32)27-8-3-2-4-9-27/h2-3,7-8,10-20H,4-6,9,21H2,1H3,(H2,32,33).